The maximum Gasteiger partial charge on any atom is 0.251 e. The number of halogens is 1. The molecule has 0 aliphatic carbocycles. The maximum atomic E-state index is 13.1. The summed E-state index contributed by atoms with van der Waals surface area (Å²) in [5, 5.41) is 11.0. The van der Waals surface area contributed by atoms with Crippen molar-refractivity contribution in [1.29, 1.82) is 5.26 Å². The number of rotatable bonds is 5. The number of methoxy groups -OCH3 is 1. The highest BCUT2D eigenvalue weighted by Crippen LogP contribution is 2.17. The second-order valence-corrected chi connectivity index (χ2v) is 3.37. The zero-order chi connectivity index (χ0) is 12.7. The number of amides is 1. The molecule has 5 heteroatoms. The van der Waals surface area contributed by atoms with Gasteiger partial charge in [-0.15, -0.1) is 0 Å². The van der Waals surface area contributed by atoms with Crippen LogP contribution in [-0.4, -0.2) is 19.6 Å². The standard InChI is InChI=1S/C12H13FN2O2/c1-17-11-8-9(4-5-10(11)13)12(16)15-7-3-2-6-14/h4-5,8H,2-3,7H2,1H3,(H,15,16). The smallest absolute Gasteiger partial charge is 0.251 e. The number of nitrogens with one attached hydrogen (secondary N) is 1. The normalized spacial score (nSPS) is 9.47. The number of carbonyl (C=O) groups is 1. The fourth-order valence-electron chi connectivity index (χ4n) is 1.27. The quantitative estimate of drug-likeness (QED) is 0.794. The van der Waals surface area contributed by atoms with Crippen molar-refractivity contribution in [3.8, 4) is 11.8 Å². The molecule has 0 aromatic heterocycles. The molecule has 0 aliphatic rings. The summed E-state index contributed by atoms with van der Waals surface area (Å²) >= 11 is 0. The van der Waals surface area contributed by atoms with E-state index in [0.29, 0.717) is 24.9 Å². The molecule has 0 radical (unpaired) electrons. The molecule has 0 saturated carbocycles. The number of carbonyl (C=O) groups excluding carboxylic acids is 1. The number of nitriles is 1. The third kappa shape index (κ3) is 3.76. The first-order valence-corrected chi connectivity index (χ1v) is 5.17. The molecule has 0 aliphatic heterocycles. The summed E-state index contributed by atoms with van der Waals surface area (Å²) in [6.07, 6.45) is 0.994. The fourth-order valence-corrected chi connectivity index (χ4v) is 1.27. The lowest BCUT2D eigenvalue weighted by atomic mass is 10.2. The SMILES string of the molecule is COc1cc(C(=O)NCCCC#N)ccc1F. The van der Waals surface area contributed by atoms with E-state index in [1.165, 1.54) is 25.3 Å². The van der Waals surface area contributed by atoms with Crippen LogP contribution in [0, 0.1) is 17.1 Å². The molecule has 4 nitrogen and oxygen atoms in total. The number of hydrogen-bond acceptors (Lipinski definition) is 3. The van der Waals surface area contributed by atoms with Crippen LogP contribution in [0.2, 0.25) is 0 Å². The van der Waals surface area contributed by atoms with Crippen LogP contribution in [0.25, 0.3) is 0 Å². The van der Waals surface area contributed by atoms with Crippen LogP contribution < -0.4 is 10.1 Å². The second-order valence-electron chi connectivity index (χ2n) is 3.37. The molecule has 0 bridgehead atoms. The minimum atomic E-state index is -0.506. The Kier molecular flexibility index (Phi) is 4.95. The summed E-state index contributed by atoms with van der Waals surface area (Å²) in [4.78, 5) is 11.6. The van der Waals surface area contributed by atoms with Gasteiger partial charge < -0.3 is 10.1 Å². The summed E-state index contributed by atoms with van der Waals surface area (Å²) in [6.45, 7) is 0.423. The molecule has 1 N–H and O–H groups in total. The number of benzene rings is 1. The van der Waals surface area contributed by atoms with Crippen molar-refractivity contribution in [2.45, 2.75) is 12.8 Å². The highest BCUT2D eigenvalue weighted by Gasteiger charge is 2.09. The molecular weight excluding hydrogens is 223 g/mol. The van der Waals surface area contributed by atoms with Crippen LogP contribution in [0.1, 0.15) is 23.2 Å². The van der Waals surface area contributed by atoms with Crippen LogP contribution >= 0.6 is 0 Å². The molecule has 0 unspecified atom stereocenters. The lowest BCUT2D eigenvalue weighted by Crippen LogP contribution is -2.24. The van der Waals surface area contributed by atoms with Crippen LogP contribution in [0.4, 0.5) is 4.39 Å². The van der Waals surface area contributed by atoms with Gasteiger partial charge in [0, 0.05) is 18.5 Å². The van der Waals surface area contributed by atoms with Crippen molar-refractivity contribution in [3.63, 3.8) is 0 Å². The van der Waals surface area contributed by atoms with Gasteiger partial charge in [0.25, 0.3) is 5.91 Å². The van der Waals surface area contributed by atoms with Gasteiger partial charge >= 0.3 is 0 Å². The van der Waals surface area contributed by atoms with E-state index in [4.69, 9.17) is 10.00 Å². The molecule has 1 aromatic carbocycles. The first kappa shape index (κ1) is 13.0. The van der Waals surface area contributed by atoms with Crippen LogP contribution in [0.3, 0.4) is 0 Å². The molecule has 17 heavy (non-hydrogen) atoms. The fraction of sp³-hybridized carbons (Fsp3) is 0.333. The Labute approximate surface area is 99.0 Å². The number of hydrogen-bond donors (Lipinski definition) is 1. The van der Waals surface area contributed by atoms with E-state index in [9.17, 15) is 9.18 Å². The van der Waals surface area contributed by atoms with Crippen molar-refractivity contribution in [3.05, 3.63) is 29.6 Å². The Morgan fingerprint density at radius 2 is 2.35 bits per heavy atom. The minimum absolute atomic E-state index is 0.0367. The molecule has 0 fully saturated rings. The van der Waals surface area contributed by atoms with Crippen molar-refractivity contribution < 1.29 is 13.9 Å². The highest BCUT2D eigenvalue weighted by atomic mass is 19.1. The van der Waals surface area contributed by atoms with E-state index in [1.807, 2.05) is 6.07 Å². The van der Waals surface area contributed by atoms with Crippen LogP contribution in [-0.2, 0) is 0 Å². The Hall–Kier alpha value is -2.09. The Morgan fingerprint density at radius 3 is 3.00 bits per heavy atom. The van der Waals surface area contributed by atoms with Crippen molar-refractivity contribution in [2.75, 3.05) is 13.7 Å². The molecule has 0 saturated heterocycles. The Bertz CT molecular complexity index is 441. The van der Waals surface area contributed by atoms with Crippen molar-refractivity contribution in [2.24, 2.45) is 0 Å². The van der Waals surface area contributed by atoms with Gasteiger partial charge in [-0.1, -0.05) is 0 Å². The lowest BCUT2D eigenvalue weighted by Gasteiger charge is -2.06. The van der Waals surface area contributed by atoms with Crippen molar-refractivity contribution in [1.82, 2.24) is 5.32 Å². The predicted molar refractivity (Wildman–Crippen MR) is 60.1 cm³/mol. The van der Waals surface area contributed by atoms with E-state index >= 15 is 0 Å². The summed E-state index contributed by atoms with van der Waals surface area (Å²) in [6, 6.07) is 5.90. The zero-order valence-corrected chi connectivity index (χ0v) is 9.50. The predicted octanol–water partition coefficient (Wildman–Crippen LogP) is 1.87. The van der Waals surface area contributed by atoms with E-state index in [2.05, 4.69) is 5.32 Å². The largest absolute Gasteiger partial charge is 0.494 e. The third-order valence-corrected chi connectivity index (χ3v) is 2.16. The molecule has 0 heterocycles. The average Bonchev–Trinajstić information content (AvgIpc) is 2.35. The lowest BCUT2D eigenvalue weighted by molar-refractivity contribution is 0.0953. The zero-order valence-electron chi connectivity index (χ0n) is 9.50. The van der Waals surface area contributed by atoms with Gasteiger partial charge in [0.1, 0.15) is 0 Å². The molecule has 0 spiro atoms. The molecular formula is C12H13FN2O2. The monoisotopic (exact) mass is 236 g/mol. The number of unbranched alkanes of at least 4 members (excludes halogenated alkanes) is 1. The number of ether oxygens (including phenoxy) is 1. The van der Waals surface area contributed by atoms with Gasteiger partial charge in [-0.25, -0.2) is 4.39 Å². The molecule has 0 atom stereocenters. The first-order chi connectivity index (χ1) is 8.19. The van der Waals surface area contributed by atoms with E-state index < -0.39 is 5.82 Å². The maximum absolute atomic E-state index is 13.1. The highest BCUT2D eigenvalue weighted by molar-refractivity contribution is 5.94. The summed E-state index contributed by atoms with van der Waals surface area (Å²) in [7, 11) is 1.34. The van der Waals surface area contributed by atoms with Crippen molar-refractivity contribution >= 4 is 5.91 Å². The minimum Gasteiger partial charge on any atom is -0.494 e. The molecule has 1 aromatic rings. The average molecular weight is 236 g/mol. The molecule has 1 rings (SSSR count). The van der Waals surface area contributed by atoms with Gasteiger partial charge in [-0.2, -0.15) is 5.26 Å². The first-order valence-electron chi connectivity index (χ1n) is 5.17. The van der Waals surface area contributed by atoms with Gasteiger partial charge in [0.15, 0.2) is 11.6 Å². The van der Waals surface area contributed by atoms with Gasteiger partial charge in [0.2, 0.25) is 0 Å². The summed E-state index contributed by atoms with van der Waals surface area (Å²) < 4.78 is 17.9. The van der Waals surface area contributed by atoms with Gasteiger partial charge in [0.05, 0.1) is 13.2 Å². The topological polar surface area (TPSA) is 62.1 Å². The Morgan fingerprint density at radius 1 is 1.59 bits per heavy atom. The van der Waals surface area contributed by atoms with Crippen LogP contribution in [0.15, 0.2) is 18.2 Å². The summed E-state index contributed by atoms with van der Waals surface area (Å²) in [5.41, 5.74) is 0.334. The van der Waals surface area contributed by atoms with Crippen LogP contribution in [0.5, 0.6) is 5.75 Å². The molecule has 1 amide bonds. The van der Waals surface area contributed by atoms with Gasteiger partial charge in [-0.05, 0) is 24.6 Å². The molecule has 90 valence electrons. The van der Waals surface area contributed by atoms with E-state index in [1.54, 1.807) is 0 Å². The third-order valence-electron chi connectivity index (χ3n) is 2.16. The van der Waals surface area contributed by atoms with E-state index in [-0.39, 0.29) is 11.7 Å². The Balaban J connectivity index is 2.60. The summed E-state index contributed by atoms with van der Waals surface area (Å²) in [5.74, 6) is -0.774. The van der Waals surface area contributed by atoms with E-state index in [0.717, 1.165) is 0 Å². The number of nitrogens with zero attached hydrogens (tertiary/aromatic N) is 1. The van der Waals surface area contributed by atoms with Gasteiger partial charge in [-0.3, -0.25) is 4.79 Å². The second kappa shape index (κ2) is 6.48.